The normalized spacial score (nSPS) is 7.54. The van der Waals surface area contributed by atoms with Crippen LogP contribution in [0.4, 0.5) is 0 Å². The summed E-state index contributed by atoms with van der Waals surface area (Å²) in [4.78, 5) is 19.0. The zero-order valence-corrected chi connectivity index (χ0v) is 10.5. The van der Waals surface area contributed by atoms with Gasteiger partial charge in [0.05, 0.1) is 0 Å². The van der Waals surface area contributed by atoms with Crippen LogP contribution < -0.4 is 39.8 Å². The van der Waals surface area contributed by atoms with E-state index in [9.17, 15) is 19.8 Å². The second-order valence-corrected chi connectivity index (χ2v) is 2.24. The molecule has 0 heterocycles. The first-order valence-electron chi connectivity index (χ1n) is 3.94. The Morgan fingerprint density at radius 2 is 1.15 bits per heavy atom. The van der Waals surface area contributed by atoms with E-state index in [-0.39, 0.29) is 42.4 Å². The number of carboxylic acid groups (broad SMARTS) is 2. The van der Waals surface area contributed by atoms with Gasteiger partial charge in [0.25, 0.3) is 0 Å². The summed E-state index contributed by atoms with van der Waals surface area (Å²) in [5.74, 6) is -1.92. The van der Waals surface area contributed by atoms with Gasteiger partial charge < -0.3 is 19.8 Å². The molecule has 0 spiro atoms. The zero-order chi connectivity index (χ0) is 9.98. The molecule has 0 aromatic heterocycles. The topological polar surface area (TPSA) is 80.3 Å². The van der Waals surface area contributed by atoms with Gasteiger partial charge >= 0.3 is 29.6 Å². The summed E-state index contributed by atoms with van der Waals surface area (Å²) in [7, 11) is 0. The minimum atomic E-state index is -0.961. The summed E-state index contributed by atoms with van der Waals surface area (Å²) in [6.45, 7) is 3.60. The third kappa shape index (κ3) is 33.4. The first-order chi connectivity index (χ1) is 5.54. The number of aliphatic carboxylic acids is 2. The van der Waals surface area contributed by atoms with Gasteiger partial charge in [0.15, 0.2) is 0 Å². The Bertz CT molecular complexity index is 120. The molecule has 0 fully saturated rings. The molecular formula is C8H14NaO4-. The van der Waals surface area contributed by atoms with E-state index in [0.717, 1.165) is 0 Å². The maximum Gasteiger partial charge on any atom is 1.00 e. The molecule has 0 atom stereocenters. The molecule has 0 aliphatic rings. The van der Waals surface area contributed by atoms with Crippen LogP contribution in [0.3, 0.4) is 0 Å². The van der Waals surface area contributed by atoms with Crippen molar-refractivity contribution in [2.45, 2.75) is 39.5 Å². The fourth-order valence-corrected chi connectivity index (χ4v) is 0.408. The molecular weight excluding hydrogens is 183 g/mol. The van der Waals surface area contributed by atoms with Crippen molar-refractivity contribution in [2.75, 3.05) is 0 Å². The Morgan fingerprint density at radius 3 is 1.15 bits per heavy atom. The van der Waals surface area contributed by atoms with E-state index >= 15 is 0 Å². The first kappa shape index (κ1) is 18.7. The average Bonchev–Trinajstić information content (AvgIpc) is 1.87. The summed E-state index contributed by atoms with van der Waals surface area (Å²) in [6.07, 6.45) is 1.70. The molecule has 0 amide bonds. The number of carboxylic acids is 2. The molecule has 72 valence electrons. The smallest absolute Gasteiger partial charge is 0.550 e. The zero-order valence-electron chi connectivity index (χ0n) is 8.46. The Morgan fingerprint density at radius 1 is 0.923 bits per heavy atom. The minimum Gasteiger partial charge on any atom is -0.550 e. The predicted molar refractivity (Wildman–Crippen MR) is 39.8 cm³/mol. The first-order valence-corrected chi connectivity index (χ1v) is 3.94. The summed E-state index contributed by atoms with van der Waals surface area (Å²) >= 11 is 0. The van der Waals surface area contributed by atoms with Gasteiger partial charge in [-0.3, -0.25) is 0 Å². The maximum absolute atomic E-state index is 9.49. The van der Waals surface area contributed by atoms with Crippen molar-refractivity contribution >= 4 is 11.9 Å². The number of carbonyl (C=O) groups excluding carboxylic acids is 2. The molecule has 0 bridgehead atoms. The molecule has 13 heavy (non-hydrogen) atoms. The molecule has 5 heteroatoms. The predicted octanol–water partition coefficient (Wildman–Crippen LogP) is -3.92. The van der Waals surface area contributed by atoms with Crippen molar-refractivity contribution in [3.05, 3.63) is 0 Å². The molecule has 0 aliphatic carbocycles. The van der Waals surface area contributed by atoms with Crippen LogP contribution in [0.1, 0.15) is 39.5 Å². The van der Waals surface area contributed by atoms with Crippen LogP contribution in [0.5, 0.6) is 0 Å². The van der Waals surface area contributed by atoms with Crippen molar-refractivity contribution < 1.29 is 49.4 Å². The van der Waals surface area contributed by atoms with Gasteiger partial charge in [-0.1, -0.05) is 26.7 Å². The third-order valence-electron chi connectivity index (χ3n) is 0.908. The van der Waals surface area contributed by atoms with Gasteiger partial charge in [0.1, 0.15) is 0 Å². The molecule has 0 unspecified atom stereocenters. The van der Waals surface area contributed by atoms with Crippen molar-refractivity contribution in [3.8, 4) is 0 Å². The molecule has 0 saturated heterocycles. The number of rotatable bonds is 4. The SMILES string of the molecule is CCCC(=O)[O-].CCCC(=O)[O-].[Na+]. The van der Waals surface area contributed by atoms with Crippen molar-refractivity contribution in [2.24, 2.45) is 0 Å². The minimum absolute atomic E-state index is 0. The number of hydrogen-bond acceptors (Lipinski definition) is 4. The van der Waals surface area contributed by atoms with E-state index in [4.69, 9.17) is 0 Å². The second-order valence-electron chi connectivity index (χ2n) is 2.24. The van der Waals surface area contributed by atoms with Crippen LogP contribution in [0, 0.1) is 0 Å². The van der Waals surface area contributed by atoms with Gasteiger partial charge in [-0.2, -0.15) is 0 Å². The fourth-order valence-electron chi connectivity index (χ4n) is 0.408. The van der Waals surface area contributed by atoms with Gasteiger partial charge in [0, 0.05) is 11.9 Å². The van der Waals surface area contributed by atoms with Gasteiger partial charge in [-0.15, -0.1) is 0 Å². The van der Waals surface area contributed by atoms with Crippen LogP contribution in [-0.2, 0) is 9.59 Å². The molecule has 0 rings (SSSR count). The van der Waals surface area contributed by atoms with Crippen LogP contribution in [0.2, 0.25) is 0 Å². The quantitative estimate of drug-likeness (QED) is 0.431. The van der Waals surface area contributed by atoms with Crippen molar-refractivity contribution in [1.29, 1.82) is 0 Å². The van der Waals surface area contributed by atoms with Gasteiger partial charge in [-0.25, -0.2) is 0 Å². The molecule has 0 saturated carbocycles. The standard InChI is InChI=1S/2C4H8O2.Na/c2*1-2-3-4(5)6;/h2*2-3H2,1H3,(H,5,6);/q;;+1/p-2. The Kier molecular flexibility index (Phi) is 20.8. The number of hydrogen-bond donors (Lipinski definition) is 0. The second kappa shape index (κ2) is 14.5. The summed E-state index contributed by atoms with van der Waals surface area (Å²) in [6, 6.07) is 0. The largest absolute Gasteiger partial charge is 1.00 e. The van der Waals surface area contributed by atoms with E-state index in [0.29, 0.717) is 12.8 Å². The average molecular weight is 197 g/mol. The molecule has 0 aromatic rings. The van der Waals surface area contributed by atoms with Gasteiger partial charge in [0.2, 0.25) is 0 Å². The molecule has 0 aliphatic heterocycles. The van der Waals surface area contributed by atoms with Crippen LogP contribution >= 0.6 is 0 Å². The molecule has 0 N–H and O–H groups in total. The van der Waals surface area contributed by atoms with Gasteiger partial charge in [-0.05, 0) is 12.8 Å². The van der Waals surface area contributed by atoms with Crippen molar-refractivity contribution in [3.63, 3.8) is 0 Å². The van der Waals surface area contributed by atoms with E-state index in [1.54, 1.807) is 13.8 Å². The van der Waals surface area contributed by atoms with Crippen LogP contribution in [0.15, 0.2) is 0 Å². The summed E-state index contributed by atoms with van der Waals surface area (Å²) in [5, 5.41) is 19.0. The van der Waals surface area contributed by atoms with E-state index in [1.165, 1.54) is 0 Å². The monoisotopic (exact) mass is 197 g/mol. The van der Waals surface area contributed by atoms with Crippen LogP contribution in [-0.4, -0.2) is 11.9 Å². The maximum atomic E-state index is 9.49. The number of carbonyl (C=O) groups is 2. The van der Waals surface area contributed by atoms with Crippen LogP contribution in [0.25, 0.3) is 0 Å². The third-order valence-corrected chi connectivity index (χ3v) is 0.908. The van der Waals surface area contributed by atoms with E-state index in [1.807, 2.05) is 0 Å². The van der Waals surface area contributed by atoms with E-state index in [2.05, 4.69) is 0 Å². The fraction of sp³-hybridized carbons (Fsp3) is 0.750. The molecule has 0 radical (unpaired) electrons. The summed E-state index contributed by atoms with van der Waals surface area (Å²) in [5.41, 5.74) is 0. The van der Waals surface area contributed by atoms with E-state index < -0.39 is 11.9 Å². The molecule has 4 nitrogen and oxygen atoms in total. The molecule has 0 aromatic carbocycles. The summed E-state index contributed by atoms with van der Waals surface area (Å²) < 4.78 is 0. The Balaban J connectivity index is -0.000000143. The Hall–Kier alpha value is -0.0600. The Labute approximate surface area is 101 Å². The van der Waals surface area contributed by atoms with Crippen molar-refractivity contribution in [1.82, 2.24) is 0 Å².